The van der Waals surface area contributed by atoms with E-state index in [0.717, 1.165) is 19.3 Å². The third-order valence-electron chi connectivity index (χ3n) is 3.41. The topological polar surface area (TPSA) is 44.8 Å². The van der Waals surface area contributed by atoms with E-state index in [1.807, 2.05) is 6.92 Å². The Hall–Kier alpha value is -0.610. The molecule has 1 aliphatic heterocycles. The van der Waals surface area contributed by atoms with Crippen LogP contribution in [0, 0.1) is 0 Å². The Labute approximate surface area is 103 Å². The van der Waals surface area contributed by atoms with Crippen molar-refractivity contribution in [3.8, 4) is 0 Å². The number of esters is 1. The summed E-state index contributed by atoms with van der Waals surface area (Å²) in [4.78, 5) is 11.2. The van der Waals surface area contributed by atoms with E-state index in [1.165, 1.54) is 19.3 Å². The average molecular weight is 242 g/mol. The molecule has 4 nitrogen and oxygen atoms in total. The van der Waals surface area contributed by atoms with Crippen LogP contribution in [0.2, 0.25) is 0 Å². The molecule has 2 rings (SSSR count). The maximum absolute atomic E-state index is 11.2. The lowest BCUT2D eigenvalue weighted by molar-refractivity contribution is -0.192. The highest BCUT2D eigenvalue weighted by molar-refractivity contribution is 5.69. The van der Waals surface area contributed by atoms with E-state index in [2.05, 4.69) is 0 Å². The van der Waals surface area contributed by atoms with Gasteiger partial charge in [-0.2, -0.15) is 0 Å². The highest BCUT2D eigenvalue weighted by Crippen LogP contribution is 2.37. The molecule has 17 heavy (non-hydrogen) atoms. The van der Waals surface area contributed by atoms with Crippen LogP contribution in [0.3, 0.4) is 0 Å². The summed E-state index contributed by atoms with van der Waals surface area (Å²) in [7, 11) is 0. The van der Waals surface area contributed by atoms with E-state index in [0.29, 0.717) is 19.6 Å². The molecule has 1 saturated carbocycles. The third-order valence-corrected chi connectivity index (χ3v) is 3.41. The minimum atomic E-state index is -0.361. The zero-order valence-corrected chi connectivity index (χ0v) is 10.6. The standard InChI is InChI=1S/C13H22O4/c1-2-6-12(14)15-9-11-10-16-13(17-11)7-4-3-5-8-13/h11H,2-10H2,1H3/t11-/m0/s1. The number of ether oxygens (including phenoxy) is 3. The lowest BCUT2D eigenvalue weighted by Crippen LogP contribution is -2.34. The van der Waals surface area contributed by atoms with Crippen molar-refractivity contribution in [3.05, 3.63) is 0 Å². The quantitative estimate of drug-likeness (QED) is 0.710. The van der Waals surface area contributed by atoms with Gasteiger partial charge in [-0.3, -0.25) is 4.79 Å². The van der Waals surface area contributed by atoms with Crippen molar-refractivity contribution in [2.75, 3.05) is 13.2 Å². The minimum absolute atomic E-state index is 0.0751. The molecular weight excluding hydrogens is 220 g/mol. The van der Waals surface area contributed by atoms with Crippen LogP contribution in [0.5, 0.6) is 0 Å². The van der Waals surface area contributed by atoms with Crippen molar-refractivity contribution >= 4 is 5.97 Å². The molecule has 0 aromatic rings. The van der Waals surface area contributed by atoms with Gasteiger partial charge >= 0.3 is 5.97 Å². The zero-order chi connectivity index (χ0) is 12.1. The molecule has 1 spiro atoms. The second-order valence-corrected chi connectivity index (χ2v) is 4.96. The smallest absolute Gasteiger partial charge is 0.305 e. The Bertz CT molecular complexity index is 258. The minimum Gasteiger partial charge on any atom is -0.463 e. The molecule has 1 saturated heterocycles. The van der Waals surface area contributed by atoms with E-state index in [-0.39, 0.29) is 17.9 Å². The maximum Gasteiger partial charge on any atom is 0.305 e. The second-order valence-electron chi connectivity index (χ2n) is 4.96. The van der Waals surface area contributed by atoms with Gasteiger partial charge in [0, 0.05) is 19.3 Å². The van der Waals surface area contributed by atoms with E-state index in [9.17, 15) is 4.79 Å². The summed E-state index contributed by atoms with van der Waals surface area (Å²) in [6.45, 7) is 2.85. The summed E-state index contributed by atoms with van der Waals surface area (Å²) in [6.07, 6.45) is 6.80. The number of hydrogen-bond donors (Lipinski definition) is 0. The Morgan fingerprint density at radius 2 is 2.12 bits per heavy atom. The number of rotatable bonds is 4. The summed E-state index contributed by atoms with van der Waals surface area (Å²) in [6, 6.07) is 0. The molecule has 0 N–H and O–H groups in total. The Balaban J connectivity index is 1.72. The highest BCUT2D eigenvalue weighted by Gasteiger charge is 2.42. The first kappa shape index (κ1) is 12.8. The summed E-state index contributed by atoms with van der Waals surface area (Å²) < 4.78 is 16.8. The van der Waals surface area contributed by atoms with Gasteiger partial charge in [-0.25, -0.2) is 0 Å². The molecule has 1 atom stereocenters. The van der Waals surface area contributed by atoms with Crippen LogP contribution in [-0.4, -0.2) is 31.1 Å². The first-order valence-corrected chi connectivity index (χ1v) is 6.71. The van der Waals surface area contributed by atoms with Crippen molar-refractivity contribution < 1.29 is 19.0 Å². The van der Waals surface area contributed by atoms with Crippen molar-refractivity contribution in [1.29, 1.82) is 0 Å². The zero-order valence-electron chi connectivity index (χ0n) is 10.6. The molecular formula is C13H22O4. The summed E-state index contributed by atoms with van der Waals surface area (Å²) in [5, 5.41) is 0. The van der Waals surface area contributed by atoms with Crippen molar-refractivity contribution in [3.63, 3.8) is 0 Å². The molecule has 0 aromatic heterocycles. The van der Waals surface area contributed by atoms with Gasteiger partial charge in [0.05, 0.1) is 6.61 Å². The summed E-state index contributed by atoms with van der Waals surface area (Å²) >= 11 is 0. The van der Waals surface area contributed by atoms with E-state index in [1.54, 1.807) is 0 Å². The molecule has 0 radical (unpaired) electrons. The van der Waals surface area contributed by atoms with Gasteiger partial charge < -0.3 is 14.2 Å². The van der Waals surface area contributed by atoms with Gasteiger partial charge in [0.25, 0.3) is 0 Å². The Kier molecular flexibility index (Phi) is 4.40. The molecule has 1 heterocycles. The fourth-order valence-electron chi connectivity index (χ4n) is 2.51. The van der Waals surface area contributed by atoms with Gasteiger partial charge in [-0.1, -0.05) is 13.3 Å². The van der Waals surface area contributed by atoms with Gasteiger partial charge in [0.2, 0.25) is 0 Å². The number of carbonyl (C=O) groups excluding carboxylic acids is 1. The monoisotopic (exact) mass is 242 g/mol. The van der Waals surface area contributed by atoms with Crippen molar-refractivity contribution in [2.45, 2.75) is 63.8 Å². The second kappa shape index (κ2) is 5.83. The van der Waals surface area contributed by atoms with E-state index < -0.39 is 0 Å². The van der Waals surface area contributed by atoms with Crippen LogP contribution < -0.4 is 0 Å². The lowest BCUT2D eigenvalue weighted by atomic mass is 9.94. The van der Waals surface area contributed by atoms with Crippen molar-refractivity contribution in [1.82, 2.24) is 0 Å². The molecule has 0 unspecified atom stereocenters. The third kappa shape index (κ3) is 3.42. The lowest BCUT2D eigenvalue weighted by Gasteiger charge is -2.31. The molecule has 98 valence electrons. The predicted octanol–water partition coefficient (Wildman–Crippen LogP) is 2.41. The molecule has 1 aliphatic carbocycles. The molecule has 2 aliphatic rings. The van der Waals surface area contributed by atoms with Gasteiger partial charge in [-0.15, -0.1) is 0 Å². The largest absolute Gasteiger partial charge is 0.463 e. The van der Waals surface area contributed by atoms with Gasteiger partial charge in [-0.05, 0) is 19.3 Å². The van der Waals surface area contributed by atoms with E-state index in [4.69, 9.17) is 14.2 Å². The highest BCUT2D eigenvalue weighted by atomic mass is 16.8. The van der Waals surface area contributed by atoms with Crippen LogP contribution in [0.1, 0.15) is 51.9 Å². The Morgan fingerprint density at radius 3 is 2.82 bits per heavy atom. The number of hydrogen-bond acceptors (Lipinski definition) is 4. The van der Waals surface area contributed by atoms with Gasteiger partial charge in [0.15, 0.2) is 5.79 Å². The van der Waals surface area contributed by atoms with Crippen LogP contribution in [-0.2, 0) is 19.0 Å². The Morgan fingerprint density at radius 1 is 1.35 bits per heavy atom. The van der Waals surface area contributed by atoms with E-state index >= 15 is 0 Å². The summed E-state index contributed by atoms with van der Waals surface area (Å²) in [5.74, 6) is -0.499. The first-order chi connectivity index (χ1) is 8.24. The first-order valence-electron chi connectivity index (χ1n) is 6.71. The normalized spacial score (nSPS) is 27.2. The fourth-order valence-corrected chi connectivity index (χ4v) is 2.51. The molecule has 0 bridgehead atoms. The maximum atomic E-state index is 11.2. The molecule has 0 amide bonds. The van der Waals surface area contributed by atoms with Crippen molar-refractivity contribution in [2.24, 2.45) is 0 Å². The summed E-state index contributed by atoms with van der Waals surface area (Å²) in [5.41, 5.74) is 0. The fraction of sp³-hybridized carbons (Fsp3) is 0.923. The molecule has 4 heteroatoms. The predicted molar refractivity (Wildman–Crippen MR) is 62.5 cm³/mol. The SMILES string of the molecule is CCCC(=O)OC[C@H]1COC2(CCCCC2)O1. The van der Waals surface area contributed by atoms with Crippen LogP contribution in [0.4, 0.5) is 0 Å². The average Bonchev–Trinajstić information content (AvgIpc) is 2.71. The molecule has 0 aromatic carbocycles. The molecule has 2 fully saturated rings. The number of carbonyl (C=O) groups is 1. The van der Waals surface area contributed by atoms with Crippen LogP contribution in [0.15, 0.2) is 0 Å². The van der Waals surface area contributed by atoms with Crippen LogP contribution in [0.25, 0.3) is 0 Å². The van der Waals surface area contributed by atoms with Crippen LogP contribution >= 0.6 is 0 Å². The van der Waals surface area contributed by atoms with Gasteiger partial charge in [0.1, 0.15) is 12.7 Å².